The highest BCUT2D eigenvalue weighted by Gasteiger charge is 2.07. The Bertz CT molecular complexity index is 317. The summed E-state index contributed by atoms with van der Waals surface area (Å²) in [5, 5.41) is 17.4. The van der Waals surface area contributed by atoms with Crippen LogP contribution in [0.1, 0.15) is 22.0 Å². The summed E-state index contributed by atoms with van der Waals surface area (Å²) in [5.74, 6) is -0.994. The summed E-state index contributed by atoms with van der Waals surface area (Å²) in [4.78, 5) is 10.6. The lowest BCUT2D eigenvalue weighted by atomic mass is 10.1. The zero-order valence-corrected chi connectivity index (χ0v) is 8.20. The van der Waals surface area contributed by atoms with Crippen LogP contribution in [0.5, 0.6) is 0 Å². The van der Waals surface area contributed by atoms with Gasteiger partial charge in [0.25, 0.3) is 0 Å². The van der Waals surface area contributed by atoms with E-state index in [1.807, 2.05) is 0 Å². The summed E-state index contributed by atoms with van der Waals surface area (Å²) in [7, 11) is 0. The van der Waals surface area contributed by atoms with Crippen molar-refractivity contribution in [2.24, 2.45) is 5.73 Å². The van der Waals surface area contributed by atoms with E-state index in [4.69, 9.17) is 15.9 Å². The van der Waals surface area contributed by atoms with Gasteiger partial charge in [0.15, 0.2) is 0 Å². The second kappa shape index (κ2) is 5.59. The van der Waals surface area contributed by atoms with Crippen LogP contribution in [0, 0.1) is 0 Å². The maximum Gasteiger partial charge on any atom is 0.335 e. The van der Waals surface area contributed by atoms with Crippen LogP contribution >= 0.6 is 12.4 Å². The van der Waals surface area contributed by atoms with Crippen LogP contribution in [0.3, 0.4) is 0 Å². The lowest BCUT2D eigenvalue weighted by molar-refractivity contribution is 0.0696. The van der Waals surface area contributed by atoms with Gasteiger partial charge >= 0.3 is 5.97 Å². The minimum Gasteiger partial charge on any atom is -0.478 e. The van der Waals surface area contributed by atoms with E-state index < -0.39 is 12.0 Å². The van der Waals surface area contributed by atoms with Crippen molar-refractivity contribution in [3.05, 3.63) is 35.4 Å². The Labute approximate surface area is 87.8 Å². The van der Waals surface area contributed by atoms with Gasteiger partial charge in [-0.15, -0.1) is 12.4 Å². The number of rotatable bonds is 3. The van der Waals surface area contributed by atoms with E-state index in [1.165, 1.54) is 12.1 Å². The molecule has 14 heavy (non-hydrogen) atoms. The van der Waals surface area contributed by atoms with E-state index in [2.05, 4.69) is 0 Å². The summed E-state index contributed by atoms with van der Waals surface area (Å²) in [6, 6.07) is 5.72. The molecule has 1 unspecified atom stereocenters. The summed E-state index contributed by atoms with van der Waals surface area (Å²) >= 11 is 0. The van der Waals surface area contributed by atoms with E-state index in [1.54, 1.807) is 12.1 Å². The largest absolute Gasteiger partial charge is 0.478 e. The van der Waals surface area contributed by atoms with E-state index in [9.17, 15) is 4.79 Å². The van der Waals surface area contributed by atoms with Gasteiger partial charge in [-0.2, -0.15) is 0 Å². The first-order valence-electron chi connectivity index (χ1n) is 3.85. The molecular formula is C9H12ClNO3. The molecule has 5 heteroatoms. The number of aliphatic hydroxyl groups excluding tert-OH is 1. The Hall–Kier alpha value is -1.10. The predicted octanol–water partition coefficient (Wildman–Crippen LogP) is 0.799. The summed E-state index contributed by atoms with van der Waals surface area (Å²) in [6.07, 6.45) is 0. The van der Waals surface area contributed by atoms with Crippen LogP contribution in [0.2, 0.25) is 0 Å². The molecule has 0 bridgehead atoms. The molecule has 1 aromatic carbocycles. The van der Waals surface area contributed by atoms with Crippen molar-refractivity contribution in [2.45, 2.75) is 6.04 Å². The van der Waals surface area contributed by atoms with E-state index >= 15 is 0 Å². The number of aliphatic hydroxyl groups is 1. The van der Waals surface area contributed by atoms with Gasteiger partial charge in [-0.3, -0.25) is 0 Å². The molecule has 4 nitrogen and oxygen atoms in total. The normalized spacial score (nSPS) is 11.6. The van der Waals surface area contributed by atoms with Gasteiger partial charge in [-0.25, -0.2) is 4.79 Å². The number of carbonyl (C=O) groups is 1. The second-order valence-corrected chi connectivity index (χ2v) is 2.72. The van der Waals surface area contributed by atoms with Gasteiger partial charge in [0.1, 0.15) is 0 Å². The minimum atomic E-state index is -0.994. The third kappa shape index (κ3) is 2.99. The van der Waals surface area contributed by atoms with Crippen LogP contribution in [-0.2, 0) is 0 Å². The zero-order valence-electron chi connectivity index (χ0n) is 7.38. The molecule has 0 saturated carbocycles. The third-order valence-corrected chi connectivity index (χ3v) is 1.76. The average Bonchev–Trinajstić information content (AvgIpc) is 2.17. The number of nitrogens with two attached hydrogens (primary N) is 1. The van der Waals surface area contributed by atoms with Crippen molar-refractivity contribution < 1.29 is 15.0 Å². The molecule has 78 valence electrons. The van der Waals surface area contributed by atoms with E-state index in [0.29, 0.717) is 5.56 Å². The molecule has 1 aromatic rings. The molecular weight excluding hydrogens is 206 g/mol. The first kappa shape index (κ1) is 12.9. The van der Waals surface area contributed by atoms with Crippen molar-refractivity contribution in [2.75, 3.05) is 6.61 Å². The third-order valence-electron chi connectivity index (χ3n) is 1.76. The topological polar surface area (TPSA) is 83.5 Å². The van der Waals surface area contributed by atoms with Gasteiger partial charge < -0.3 is 15.9 Å². The van der Waals surface area contributed by atoms with Gasteiger partial charge in [0.2, 0.25) is 0 Å². The van der Waals surface area contributed by atoms with Gasteiger partial charge in [-0.1, -0.05) is 12.1 Å². The second-order valence-electron chi connectivity index (χ2n) is 2.72. The van der Waals surface area contributed by atoms with Gasteiger partial charge in [-0.05, 0) is 17.7 Å². The number of carboxylic acids is 1. The Morgan fingerprint density at radius 1 is 1.50 bits per heavy atom. The lowest BCUT2D eigenvalue weighted by Gasteiger charge is -2.08. The molecule has 1 rings (SSSR count). The average molecular weight is 218 g/mol. The van der Waals surface area contributed by atoms with Crippen molar-refractivity contribution in [3.63, 3.8) is 0 Å². The fourth-order valence-corrected chi connectivity index (χ4v) is 1.01. The Kier molecular flexibility index (Phi) is 5.15. The molecule has 0 spiro atoms. The standard InChI is InChI=1S/C9H11NO3.ClH/c10-8(5-11)6-2-1-3-7(4-6)9(12)13;/h1-4,8,11H,5,10H2,(H,12,13);1H. The van der Waals surface area contributed by atoms with Crippen molar-refractivity contribution in [3.8, 4) is 0 Å². The first-order valence-corrected chi connectivity index (χ1v) is 3.85. The highest BCUT2D eigenvalue weighted by Crippen LogP contribution is 2.11. The van der Waals surface area contributed by atoms with Crippen molar-refractivity contribution >= 4 is 18.4 Å². The van der Waals surface area contributed by atoms with Crippen LogP contribution in [-0.4, -0.2) is 22.8 Å². The molecule has 1 atom stereocenters. The summed E-state index contributed by atoms with van der Waals surface area (Å²) < 4.78 is 0. The molecule has 0 aliphatic heterocycles. The van der Waals surface area contributed by atoms with Crippen LogP contribution in [0.4, 0.5) is 0 Å². The molecule has 0 fully saturated rings. The number of carboxylic acid groups (broad SMARTS) is 1. The van der Waals surface area contributed by atoms with Crippen molar-refractivity contribution in [1.82, 2.24) is 0 Å². The minimum absolute atomic E-state index is 0. The van der Waals surface area contributed by atoms with Crippen molar-refractivity contribution in [1.29, 1.82) is 0 Å². The Morgan fingerprint density at radius 2 is 2.14 bits per heavy atom. The molecule has 0 aliphatic carbocycles. The van der Waals surface area contributed by atoms with Gasteiger partial charge in [0, 0.05) is 0 Å². The Balaban J connectivity index is 0.00000169. The number of aromatic carboxylic acids is 1. The molecule has 0 aliphatic rings. The molecule has 0 aromatic heterocycles. The number of hydrogen-bond donors (Lipinski definition) is 3. The van der Waals surface area contributed by atoms with Crippen LogP contribution in [0.15, 0.2) is 24.3 Å². The fourth-order valence-electron chi connectivity index (χ4n) is 1.01. The number of halogens is 1. The van der Waals surface area contributed by atoms with Crippen LogP contribution in [0.25, 0.3) is 0 Å². The maximum absolute atomic E-state index is 10.6. The quantitative estimate of drug-likeness (QED) is 0.699. The first-order chi connectivity index (χ1) is 6.15. The Morgan fingerprint density at radius 3 is 2.64 bits per heavy atom. The highest BCUT2D eigenvalue weighted by molar-refractivity contribution is 5.87. The van der Waals surface area contributed by atoms with E-state index in [0.717, 1.165) is 0 Å². The molecule has 0 heterocycles. The smallest absolute Gasteiger partial charge is 0.335 e. The molecule has 0 radical (unpaired) electrons. The zero-order chi connectivity index (χ0) is 9.84. The maximum atomic E-state index is 10.6. The SMILES string of the molecule is Cl.NC(CO)c1cccc(C(=O)O)c1. The van der Waals surface area contributed by atoms with Gasteiger partial charge in [0.05, 0.1) is 18.2 Å². The fraction of sp³-hybridized carbons (Fsp3) is 0.222. The number of benzene rings is 1. The summed E-state index contributed by atoms with van der Waals surface area (Å²) in [5.41, 5.74) is 6.33. The highest BCUT2D eigenvalue weighted by atomic mass is 35.5. The lowest BCUT2D eigenvalue weighted by Crippen LogP contribution is -2.14. The molecule has 0 saturated heterocycles. The monoisotopic (exact) mass is 217 g/mol. The van der Waals surface area contributed by atoms with Crippen LogP contribution < -0.4 is 5.73 Å². The predicted molar refractivity (Wildman–Crippen MR) is 54.7 cm³/mol. The molecule has 4 N–H and O–H groups in total. The molecule has 0 amide bonds. The summed E-state index contributed by atoms with van der Waals surface area (Å²) in [6.45, 7) is -0.191. The number of hydrogen-bond acceptors (Lipinski definition) is 3. The van der Waals surface area contributed by atoms with E-state index in [-0.39, 0.29) is 24.6 Å².